The first-order valence-electron chi connectivity index (χ1n) is 5.98. The number of unbranched alkanes of at least 4 members (excludes halogenated alkanes) is 1. The SMILES string of the molecule is CCCCC(CC)C1=CN(C)NCC=N1. The Hall–Kier alpha value is -0.830. The summed E-state index contributed by atoms with van der Waals surface area (Å²) in [5, 5.41) is 2.01. The molecule has 1 N–H and O–H groups in total. The standard InChI is InChI=1S/C12H23N3/c1-4-6-7-11(5-2)12-10-15(3)14-9-8-13-12/h8,10-11,14H,4-7,9H2,1-3H3. The summed E-state index contributed by atoms with van der Waals surface area (Å²) < 4.78 is 0. The number of aliphatic imine (C=N–C) groups is 1. The van der Waals surface area contributed by atoms with Gasteiger partial charge in [0.25, 0.3) is 0 Å². The maximum atomic E-state index is 4.53. The second-order valence-corrected chi connectivity index (χ2v) is 4.09. The predicted octanol–water partition coefficient (Wildman–Crippen LogP) is 2.57. The van der Waals surface area contributed by atoms with Gasteiger partial charge in [-0.05, 0) is 12.8 Å². The summed E-state index contributed by atoms with van der Waals surface area (Å²) in [6, 6.07) is 0. The molecule has 1 unspecified atom stereocenters. The molecule has 0 saturated heterocycles. The predicted molar refractivity (Wildman–Crippen MR) is 65.6 cm³/mol. The van der Waals surface area contributed by atoms with Crippen LogP contribution in [0, 0.1) is 5.92 Å². The largest absolute Gasteiger partial charge is 0.317 e. The van der Waals surface area contributed by atoms with Crippen LogP contribution in [0.1, 0.15) is 39.5 Å². The fourth-order valence-corrected chi connectivity index (χ4v) is 1.84. The monoisotopic (exact) mass is 209 g/mol. The van der Waals surface area contributed by atoms with Crippen LogP contribution < -0.4 is 5.43 Å². The van der Waals surface area contributed by atoms with Gasteiger partial charge in [-0.2, -0.15) is 0 Å². The average Bonchev–Trinajstić information content (AvgIpc) is 2.44. The maximum absolute atomic E-state index is 4.53. The molecule has 0 aliphatic carbocycles. The zero-order valence-electron chi connectivity index (χ0n) is 10.2. The van der Waals surface area contributed by atoms with Gasteiger partial charge in [-0.25, -0.2) is 5.43 Å². The van der Waals surface area contributed by atoms with E-state index in [1.165, 1.54) is 31.4 Å². The minimum absolute atomic E-state index is 0.614. The van der Waals surface area contributed by atoms with Crippen molar-refractivity contribution in [3.05, 3.63) is 11.9 Å². The third kappa shape index (κ3) is 4.04. The van der Waals surface area contributed by atoms with Crippen LogP contribution in [-0.2, 0) is 0 Å². The van der Waals surface area contributed by atoms with Gasteiger partial charge in [-0.15, -0.1) is 0 Å². The molecule has 0 saturated carbocycles. The van der Waals surface area contributed by atoms with Crippen LogP contribution in [0.4, 0.5) is 0 Å². The smallest absolute Gasteiger partial charge is 0.0604 e. The van der Waals surface area contributed by atoms with E-state index < -0.39 is 0 Å². The molecule has 0 amide bonds. The normalized spacial score (nSPS) is 18.6. The summed E-state index contributed by atoms with van der Waals surface area (Å²) in [7, 11) is 2.03. The number of rotatable bonds is 5. The van der Waals surface area contributed by atoms with Crippen LogP contribution in [0.3, 0.4) is 0 Å². The van der Waals surface area contributed by atoms with Gasteiger partial charge in [0.2, 0.25) is 0 Å². The van der Waals surface area contributed by atoms with Gasteiger partial charge < -0.3 is 5.01 Å². The van der Waals surface area contributed by atoms with E-state index in [-0.39, 0.29) is 0 Å². The van der Waals surface area contributed by atoms with Crippen molar-refractivity contribution in [3.63, 3.8) is 0 Å². The molecule has 0 aromatic heterocycles. The molecule has 1 heterocycles. The minimum atomic E-state index is 0.614. The lowest BCUT2D eigenvalue weighted by molar-refractivity contribution is 0.347. The van der Waals surface area contributed by atoms with Gasteiger partial charge in [0.05, 0.1) is 12.2 Å². The second kappa shape index (κ2) is 6.62. The van der Waals surface area contributed by atoms with Crippen molar-refractivity contribution in [1.82, 2.24) is 10.4 Å². The number of hydrogen-bond donors (Lipinski definition) is 1. The highest BCUT2D eigenvalue weighted by Crippen LogP contribution is 2.23. The lowest BCUT2D eigenvalue weighted by Crippen LogP contribution is -2.30. The summed E-state index contributed by atoms with van der Waals surface area (Å²) in [4.78, 5) is 4.53. The Balaban J connectivity index is 2.63. The highest BCUT2D eigenvalue weighted by atomic mass is 15.5. The van der Waals surface area contributed by atoms with Crippen LogP contribution in [0.25, 0.3) is 0 Å². The molecule has 1 rings (SSSR count). The quantitative estimate of drug-likeness (QED) is 0.753. The highest BCUT2D eigenvalue weighted by Gasteiger charge is 2.12. The van der Waals surface area contributed by atoms with E-state index in [0.29, 0.717) is 5.92 Å². The van der Waals surface area contributed by atoms with Gasteiger partial charge in [0, 0.05) is 25.4 Å². The van der Waals surface area contributed by atoms with E-state index in [0.717, 1.165) is 6.54 Å². The van der Waals surface area contributed by atoms with Crippen LogP contribution in [0.5, 0.6) is 0 Å². The van der Waals surface area contributed by atoms with Crippen molar-refractivity contribution in [1.29, 1.82) is 0 Å². The van der Waals surface area contributed by atoms with Crippen molar-refractivity contribution in [2.75, 3.05) is 13.6 Å². The highest BCUT2D eigenvalue weighted by molar-refractivity contribution is 5.61. The number of allylic oxidation sites excluding steroid dienone is 1. The molecule has 3 nitrogen and oxygen atoms in total. The number of nitrogens with zero attached hydrogens (tertiary/aromatic N) is 2. The summed E-state index contributed by atoms with van der Waals surface area (Å²) >= 11 is 0. The topological polar surface area (TPSA) is 27.6 Å². The molecule has 0 aromatic carbocycles. The first kappa shape index (κ1) is 12.2. The Morgan fingerprint density at radius 2 is 2.33 bits per heavy atom. The maximum Gasteiger partial charge on any atom is 0.0604 e. The molecule has 1 atom stereocenters. The minimum Gasteiger partial charge on any atom is -0.317 e. The molecule has 1 aliphatic rings. The van der Waals surface area contributed by atoms with E-state index in [1.54, 1.807) is 0 Å². The van der Waals surface area contributed by atoms with Crippen molar-refractivity contribution in [2.24, 2.45) is 10.9 Å². The lowest BCUT2D eigenvalue weighted by atomic mass is 9.96. The molecule has 0 aromatic rings. The Morgan fingerprint density at radius 1 is 1.53 bits per heavy atom. The Bertz CT molecular complexity index is 233. The average molecular weight is 209 g/mol. The Labute approximate surface area is 93.2 Å². The summed E-state index contributed by atoms with van der Waals surface area (Å²) in [6.45, 7) is 5.31. The Morgan fingerprint density at radius 3 is 3.00 bits per heavy atom. The van der Waals surface area contributed by atoms with Gasteiger partial charge in [0.1, 0.15) is 0 Å². The third-order valence-corrected chi connectivity index (χ3v) is 2.82. The first-order valence-corrected chi connectivity index (χ1v) is 5.98. The first-order chi connectivity index (χ1) is 7.27. The van der Waals surface area contributed by atoms with E-state index in [4.69, 9.17) is 0 Å². The van der Waals surface area contributed by atoms with Crippen molar-refractivity contribution in [2.45, 2.75) is 39.5 Å². The molecule has 0 fully saturated rings. The van der Waals surface area contributed by atoms with E-state index in [9.17, 15) is 0 Å². The van der Waals surface area contributed by atoms with E-state index in [2.05, 4.69) is 30.5 Å². The molecule has 3 heteroatoms. The Kier molecular flexibility index (Phi) is 5.40. The zero-order valence-corrected chi connectivity index (χ0v) is 10.2. The fraction of sp³-hybridized carbons (Fsp3) is 0.750. The molecular weight excluding hydrogens is 186 g/mol. The number of hydrogen-bond acceptors (Lipinski definition) is 3. The summed E-state index contributed by atoms with van der Waals surface area (Å²) in [6.07, 6.45) is 9.07. The molecule has 15 heavy (non-hydrogen) atoms. The van der Waals surface area contributed by atoms with Crippen LogP contribution in [0.2, 0.25) is 0 Å². The van der Waals surface area contributed by atoms with E-state index >= 15 is 0 Å². The lowest BCUT2D eigenvalue weighted by Gasteiger charge is -2.17. The molecule has 1 aliphatic heterocycles. The van der Waals surface area contributed by atoms with Crippen LogP contribution in [-0.4, -0.2) is 24.8 Å². The van der Waals surface area contributed by atoms with Gasteiger partial charge in [0.15, 0.2) is 0 Å². The van der Waals surface area contributed by atoms with Crippen LogP contribution in [0.15, 0.2) is 16.9 Å². The molecule has 0 bridgehead atoms. The fourth-order valence-electron chi connectivity index (χ4n) is 1.84. The molecule has 86 valence electrons. The van der Waals surface area contributed by atoms with Crippen molar-refractivity contribution < 1.29 is 0 Å². The molecular formula is C12H23N3. The van der Waals surface area contributed by atoms with Gasteiger partial charge in [-0.3, -0.25) is 4.99 Å². The number of hydrazine groups is 1. The van der Waals surface area contributed by atoms with Crippen LogP contribution >= 0.6 is 0 Å². The third-order valence-electron chi connectivity index (χ3n) is 2.82. The second-order valence-electron chi connectivity index (χ2n) is 4.09. The van der Waals surface area contributed by atoms with Gasteiger partial charge in [-0.1, -0.05) is 26.7 Å². The van der Waals surface area contributed by atoms with Crippen molar-refractivity contribution >= 4 is 6.21 Å². The molecule has 0 radical (unpaired) electrons. The zero-order chi connectivity index (χ0) is 11.1. The number of nitrogens with one attached hydrogen (secondary N) is 1. The van der Waals surface area contributed by atoms with Crippen molar-refractivity contribution in [3.8, 4) is 0 Å². The van der Waals surface area contributed by atoms with Gasteiger partial charge >= 0.3 is 0 Å². The molecule has 0 spiro atoms. The van der Waals surface area contributed by atoms with E-state index in [1.807, 2.05) is 18.3 Å². The summed E-state index contributed by atoms with van der Waals surface area (Å²) in [5.74, 6) is 0.614. The summed E-state index contributed by atoms with van der Waals surface area (Å²) in [5.41, 5.74) is 4.44.